The Morgan fingerprint density at radius 1 is 1.08 bits per heavy atom. The van der Waals surface area contributed by atoms with Crippen molar-refractivity contribution in [3.63, 3.8) is 0 Å². The van der Waals surface area contributed by atoms with E-state index in [4.69, 9.17) is 5.73 Å². The summed E-state index contributed by atoms with van der Waals surface area (Å²) >= 11 is 0. The van der Waals surface area contributed by atoms with Crippen LogP contribution in [0.4, 0.5) is 0 Å². The molecule has 3 nitrogen and oxygen atoms in total. The summed E-state index contributed by atoms with van der Waals surface area (Å²) in [5.74, 6) is 0.933. The number of benzene rings is 2. The fourth-order valence-corrected chi connectivity index (χ4v) is 4.49. The van der Waals surface area contributed by atoms with Gasteiger partial charge in [0, 0.05) is 12.1 Å². The van der Waals surface area contributed by atoms with Crippen LogP contribution in [0.2, 0.25) is 0 Å². The first-order chi connectivity index (χ1) is 11.6. The van der Waals surface area contributed by atoms with Crippen LogP contribution in [-0.2, 0) is 0 Å². The summed E-state index contributed by atoms with van der Waals surface area (Å²) in [5.41, 5.74) is 11.0. The summed E-state index contributed by atoms with van der Waals surface area (Å²) in [6.45, 7) is 5.62. The lowest BCUT2D eigenvalue weighted by atomic mass is 9.73. The van der Waals surface area contributed by atoms with Crippen LogP contribution >= 0.6 is 0 Å². The number of primary amides is 1. The number of carbonyl (C=O) groups is 1. The van der Waals surface area contributed by atoms with E-state index in [0.717, 1.165) is 29.2 Å². The Kier molecular flexibility index (Phi) is 3.89. The zero-order valence-corrected chi connectivity index (χ0v) is 14.2. The molecule has 124 valence electrons. The van der Waals surface area contributed by atoms with Crippen molar-refractivity contribution in [1.29, 1.82) is 0 Å². The molecule has 2 aromatic carbocycles. The molecule has 3 aliphatic heterocycles. The fraction of sp³-hybridized carbons (Fsp3) is 0.381. The Hall–Kier alpha value is -2.13. The fourth-order valence-electron chi connectivity index (χ4n) is 4.49. The minimum Gasteiger partial charge on any atom is -0.366 e. The normalized spacial score (nSPS) is 25.6. The molecule has 1 unspecified atom stereocenters. The molecule has 3 saturated heterocycles. The van der Waals surface area contributed by atoms with Crippen LogP contribution in [0.5, 0.6) is 0 Å². The number of nitrogens with zero attached hydrogens (tertiary/aromatic N) is 1. The van der Waals surface area contributed by atoms with E-state index in [1.165, 1.54) is 31.5 Å². The van der Waals surface area contributed by atoms with Gasteiger partial charge in [0.25, 0.3) is 0 Å². The first-order valence-electron chi connectivity index (χ1n) is 8.85. The number of rotatable bonds is 3. The van der Waals surface area contributed by atoms with Crippen LogP contribution in [0.15, 0.2) is 42.5 Å². The lowest BCUT2D eigenvalue weighted by molar-refractivity contribution is 0.0867. The van der Waals surface area contributed by atoms with Gasteiger partial charge in [-0.15, -0.1) is 0 Å². The van der Waals surface area contributed by atoms with Crippen molar-refractivity contribution in [2.75, 3.05) is 19.6 Å². The summed E-state index contributed by atoms with van der Waals surface area (Å²) in [5, 5.41) is 0. The third-order valence-corrected chi connectivity index (χ3v) is 5.88. The SMILES string of the molecule is Cc1c(C(N)=O)cc(-c2ccccc2)cc1C1CN2CCC1CC2. The Morgan fingerprint density at radius 3 is 2.38 bits per heavy atom. The second kappa shape index (κ2) is 6.06. The number of carbonyl (C=O) groups excluding carboxylic acids is 1. The molecule has 0 aliphatic carbocycles. The van der Waals surface area contributed by atoms with Gasteiger partial charge in [-0.1, -0.05) is 36.4 Å². The first kappa shape index (κ1) is 15.4. The molecule has 3 fully saturated rings. The van der Waals surface area contributed by atoms with Gasteiger partial charge in [-0.05, 0) is 73.0 Å². The van der Waals surface area contributed by atoms with E-state index in [1.807, 2.05) is 24.3 Å². The van der Waals surface area contributed by atoms with Crippen molar-refractivity contribution in [2.24, 2.45) is 11.7 Å². The maximum Gasteiger partial charge on any atom is 0.248 e. The van der Waals surface area contributed by atoms with Crippen LogP contribution in [0, 0.1) is 12.8 Å². The third-order valence-electron chi connectivity index (χ3n) is 5.88. The Morgan fingerprint density at radius 2 is 1.79 bits per heavy atom. The van der Waals surface area contributed by atoms with Gasteiger partial charge in [-0.3, -0.25) is 4.79 Å². The van der Waals surface area contributed by atoms with Crippen LogP contribution in [-0.4, -0.2) is 30.4 Å². The number of hydrogen-bond acceptors (Lipinski definition) is 2. The average Bonchev–Trinajstić information content (AvgIpc) is 2.63. The number of hydrogen-bond donors (Lipinski definition) is 1. The van der Waals surface area contributed by atoms with E-state index >= 15 is 0 Å². The van der Waals surface area contributed by atoms with Gasteiger partial charge >= 0.3 is 0 Å². The van der Waals surface area contributed by atoms with E-state index < -0.39 is 0 Å². The molecule has 0 radical (unpaired) electrons. The molecule has 1 atom stereocenters. The highest BCUT2D eigenvalue weighted by atomic mass is 16.1. The Bertz CT molecular complexity index is 761. The van der Waals surface area contributed by atoms with Gasteiger partial charge < -0.3 is 10.6 Å². The molecule has 0 spiro atoms. The molecule has 2 aromatic rings. The number of piperidine rings is 3. The molecular weight excluding hydrogens is 296 g/mol. The van der Waals surface area contributed by atoms with Crippen molar-refractivity contribution in [3.8, 4) is 11.1 Å². The predicted molar refractivity (Wildman–Crippen MR) is 97.0 cm³/mol. The average molecular weight is 320 g/mol. The van der Waals surface area contributed by atoms with Crippen molar-refractivity contribution in [3.05, 3.63) is 59.2 Å². The standard InChI is InChI=1S/C21H24N2O/c1-14-18(20-13-23-9-7-16(20)8-10-23)11-17(12-19(14)21(22)24)15-5-3-2-4-6-15/h2-6,11-12,16,20H,7-10,13H2,1H3,(H2,22,24). The van der Waals surface area contributed by atoms with Gasteiger partial charge in [-0.2, -0.15) is 0 Å². The summed E-state index contributed by atoms with van der Waals surface area (Å²) in [6, 6.07) is 14.5. The second-order valence-corrected chi connectivity index (χ2v) is 7.21. The Balaban J connectivity index is 1.83. The van der Waals surface area contributed by atoms with Crippen molar-refractivity contribution in [1.82, 2.24) is 4.90 Å². The molecule has 0 saturated carbocycles. The molecule has 3 heterocycles. The van der Waals surface area contributed by atoms with Crippen molar-refractivity contribution >= 4 is 5.91 Å². The van der Waals surface area contributed by atoms with Crippen LogP contribution in [0.1, 0.15) is 40.2 Å². The maximum atomic E-state index is 12.0. The summed E-state index contributed by atoms with van der Waals surface area (Å²) < 4.78 is 0. The highest BCUT2D eigenvalue weighted by molar-refractivity contribution is 5.96. The zero-order valence-electron chi connectivity index (χ0n) is 14.2. The Labute approximate surface area is 143 Å². The highest BCUT2D eigenvalue weighted by Gasteiger charge is 2.36. The van der Waals surface area contributed by atoms with Gasteiger partial charge in [0.15, 0.2) is 0 Å². The topological polar surface area (TPSA) is 46.3 Å². The predicted octanol–water partition coefficient (Wildman–Crippen LogP) is 3.57. The molecule has 3 heteroatoms. The van der Waals surface area contributed by atoms with Crippen molar-refractivity contribution in [2.45, 2.75) is 25.7 Å². The first-order valence-corrected chi connectivity index (χ1v) is 8.85. The quantitative estimate of drug-likeness (QED) is 0.940. The van der Waals surface area contributed by atoms with Crippen LogP contribution < -0.4 is 5.73 Å². The summed E-state index contributed by atoms with van der Waals surface area (Å²) in [6.07, 6.45) is 2.54. The molecule has 3 aliphatic rings. The third kappa shape index (κ3) is 2.63. The molecular formula is C21H24N2O. The molecule has 5 rings (SSSR count). The maximum absolute atomic E-state index is 12.0. The van der Waals surface area contributed by atoms with Gasteiger partial charge in [0.2, 0.25) is 5.91 Å². The van der Waals surface area contributed by atoms with Crippen LogP contribution in [0.3, 0.4) is 0 Å². The van der Waals surface area contributed by atoms with E-state index in [-0.39, 0.29) is 5.91 Å². The molecule has 1 amide bonds. The van der Waals surface area contributed by atoms with Gasteiger partial charge in [0.05, 0.1) is 0 Å². The second-order valence-electron chi connectivity index (χ2n) is 7.21. The number of amides is 1. The lowest BCUT2D eigenvalue weighted by Crippen LogP contribution is -2.46. The van der Waals surface area contributed by atoms with Crippen LogP contribution in [0.25, 0.3) is 11.1 Å². The van der Waals surface area contributed by atoms with E-state index in [1.54, 1.807) is 0 Å². The van der Waals surface area contributed by atoms with E-state index in [0.29, 0.717) is 11.5 Å². The molecule has 2 bridgehead atoms. The van der Waals surface area contributed by atoms with E-state index in [9.17, 15) is 4.79 Å². The minimum atomic E-state index is -0.326. The summed E-state index contributed by atoms with van der Waals surface area (Å²) in [4.78, 5) is 14.6. The smallest absolute Gasteiger partial charge is 0.248 e. The van der Waals surface area contributed by atoms with Gasteiger partial charge in [-0.25, -0.2) is 0 Å². The highest BCUT2D eigenvalue weighted by Crippen LogP contribution is 2.41. The number of nitrogens with two attached hydrogens (primary N) is 1. The van der Waals surface area contributed by atoms with E-state index in [2.05, 4.69) is 30.0 Å². The van der Waals surface area contributed by atoms with Gasteiger partial charge in [0.1, 0.15) is 0 Å². The molecule has 24 heavy (non-hydrogen) atoms. The minimum absolute atomic E-state index is 0.326. The zero-order chi connectivity index (χ0) is 16.7. The summed E-state index contributed by atoms with van der Waals surface area (Å²) in [7, 11) is 0. The monoisotopic (exact) mass is 320 g/mol. The molecule has 0 aromatic heterocycles. The lowest BCUT2D eigenvalue weighted by Gasteiger charge is -2.45. The largest absolute Gasteiger partial charge is 0.366 e. The van der Waals surface area contributed by atoms with Crippen molar-refractivity contribution < 1.29 is 4.79 Å². The number of fused-ring (bicyclic) bond motifs is 3. The molecule has 2 N–H and O–H groups in total.